The van der Waals surface area contributed by atoms with Crippen molar-refractivity contribution < 1.29 is 19.1 Å². The Bertz CT molecular complexity index is 647. The molecule has 2 aliphatic rings. The van der Waals surface area contributed by atoms with Gasteiger partial charge in [-0.05, 0) is 31.0 Å². The summed E-state index contributed by atoms with van der Waals surface area (Å²) in [5.74, 6) is 1.65. The lowest BCUT2D eigenvalue weighted by atomic mass is 10.1. The van der Waals surface area contributed by atoms with Crippen LogP contribution >= 0.6 is 0 Å². The lowest BCUT2D eigenvalue weighted by Gasteiger charge is -2.32. The first-order valence-electron chi connectivity index (χ1n) is 8.84. The molecule has 0 radical (unpaired) electrons. The number of amides is 2. The maximum Gasteiger partial charge on any atom is 0.257 e. The first-order valence-corrected chi connectivity index (χ1v) is 8.84. The zero-order valence-corrected chi connectivity index (χ0v) is 15.2. The van der Waals surface area contributed by atoms with Crippen LogP contribution in [-0.4, -0.2) is 62.0 Å². The predicted octanol–water partition coefficient (Wildman–Crippen LogP) is 2.18. The molecule has 136 valence electrons. The highest BCUT2D eigenvalue weighted by molar-refractivity contribution is 5.97. The molecule has 25 heavy (non-hydrogen) atoms. The summed E-state index contributed by atoms with van der Waals surface area (Å²) < 4.78 is 11.3. The number of benzene rings is 1. The van der Waals surface area contributed by atoms with E-state index in [1.807, 2.05) is 4.90 Å². The molecule has 6 heteroatoms. The molecular formula is C19H26N2O4. The van der Waals surface area contributed by atoms with E-state index in [9.17, 15) is 9.59 Å². The molecule has 0 unspecified atom stereocenters. The van der Waals surface area contributed by atoms with E-state index in [0.29, 0.717) is 23.0 Å². The smallest absolute Gasteiger partial charge is 0.257 e. The highest BCUT2D eigenvalue weighted by Crippen LogP contribution is 2.33. The van der Waals surface area contributed by atoms with E-state index in [1.54, 1.807) is 39.4 Å². The summed E-state index contributed by atoms with van der Waals surface area (Å²) in [5, 5.41) is 0. The molecule has 0 spiro atoms. The van der Waals surface area contributed by atoms with Crippen LogP contribution in [0.1, 0.15) is 36.0 Å². The Hall–Kier alpha value is -2.24. The van der Waals surface area contributed by atoms with Crippen LogP contribution < -0.4 is 9.47 Å². The Kier molecular flexibility index (Phi) is 5.16. The van der Waals surface area contributed by atoms with Crippen molar-refractivity contribution in [2.75, 3.05) is 34.3 Å². The number of hydrogen-bond donors (Lipinski definition) is 0. The molecule has 2 fully saturated rings. The number of likely N-dealkylation sites (tertiary alicyclic amines) is 1. The maximum absolute atomic E-state index is 12.4. The van der Waals surface area contributed by atoms with Crippen molar-refractivity contribution in [3.8, 4) is 11.5 Å². The second-order valence-corrected chi connectivity index (χ2v) is 6.98. The molecule has 0 bridgehead atoms. The van der Waals surface area contributed by atoms with Gasteiger partial charge in [-0.2, -0.15) is 0 Å². The van der Waals surface area contributed by atoms with Crippen molar-refractivity contribution in [2.45, 2.75) is 31.8 Å². The van der Waals surface area contributed by atoms with E-state index in [2.05, 4.69) is 0 Å². The first kappa shape index (κ1) is 17.6. The average molecular weight is 346 g/mol. The summed E-state index contributed by atoms with van der Waals surface area (Å²) in [6.45, 7) is 1.46. The standard InChI is InChI=1S/C19H26N2O4/c1-20(2)19(23)16-12-15(24-3)6-7-17(16)25-14-8-10-21(11-9-14)18(22)13-4-5-13/h6-7,12-14H,4-5,8-11H2,1-3H3. The summed E-state index contributed by atoms with van der Waals surface area (Å²) in [4.78, 5) is 28.1. The molecule has 1 aromatic carbocycles. The lowest BCUT2D eigenvalue weighted by Crippen LogP contribution is -2.42. The van der Waals surface area contributed by atoms with Crippen LogP contribution in [0, 0.1) is 5.92 Å². The summed E-state index contributed by atoms with van der Waals surface area (Å²) in [7, 11) is 5.01. The first-order chi connectivity index (χ1) is 12.0. The minimum Gasteiger partial charge on any atom is -0.497 e. The van der Waals surface area contributed by atoms with Gasteiger partial charge in [0, 0.05) is 45.9 Å². The highest BCUT2D eigenvalue weighted by atomic mass is 16.5. The summed E-state index contributed by atoms with van der Waals surface area (Å²) in [6.07, 6.45) is 3.68. The monoisotopic (exact) mass is 346 g/mol. The quantitative estimate of drug-likeness (QED) is 0.820. The number of piperidine rings is 1. The zero-order chi connectivity index (χ0) is 18.0. The number of carbonyl (C=O) groups excluding carboxylic acids is 2. The van der Waals surface area contributed by atoms with Gasteiger partial charge in [-0.15, -0.1) is 0 Å². The Morgan fingerprint density at radius 3 is 2.36 bits per heavy atom. The van der Waals surface area contributed by atoms with Gasteiger partial charge in [0.2, 0.25) is 5.91 Å². The molecule has 0 aromatic heterocycles. The van der Waals surface area contributed by atoms with Crippen molar-refractivity contribution in [3.05, 3.63) is 23.8 Å². The van der Waals surface area contributed by atoms with Crippen molar-refractivity contribution in [1.82, 2.24) is 9.80 Å². The van der Waals surface area contributed by atoms with Gasteiger partial charge >= 0.3 is 0 Å². The number of carbonyl (C=O) groups is 2. The second-order valence-electron chi connectivity index (χ2n) is 6.98. The Labute approximate surface area is 148 Å². The largest absolute Gasteiger partial charge is 0.497 e. The Balaban J connectivity index is 1.66. The van der Waals surface area contributed by atoms with Gasteiger partial charge in [0.1, 0.15) is 17.6 Å². The van der Waals surface area contributed by atoms with Crippen LogP contribution in [0.4, 0.5) is 0 Å². The number of nitrogens with zero attached hydrogens (tertiary/aromatic N) is 2. The van der Waals surface area contributed by atoms with Crippen molar-refractivity contribution in [1.29, 1.82) is 0 Å². The fraction of sp³-hybridized carbons (Fsp3) is 0.579. The molecule has 2 amide bonds. The fourth-order valence-electron chi connectivity index (χ4n) is 3.11. The minimum atomic E-state index is -0.116. The van der Waals surface area contributed by atoms with Crippen molar-refractivity contribution in [3.63, 3.8) is 0 Å². The molecule has 0 atom stereocenters. The summed E-state index contributed by atoms with van der Waals surface area (Å²) in [5.41, 5.74) is 0.501. The molecule has 3 rings (SSSR count). The van der Waals surface area contributed by atoms with Gasteiger partial charge in [0.05, 0.1) is 12.7 Å². The zero-order valence-electron chi connectivity index (χ0n) is 15.2. The van der Waals surface area contributed by atoms with Crippen LogP contribution in [0.3, 0.4) is 0 Å². The highest BCUT2D eigenvalue weighted by Gasteiger charge is 2.35. The van der Waals surface area contributed by atoms with E-state index >= 15 is 0 Å². The molecule has 0 N–H and O–H groups in total. The van der Waals surface area contributed by atoms with E-state index in [0.717, 1.165) is 38.8 Å². The van der Waals surface area contributed by atoms with E-state index in [4.69, 9.17) is 9.47 Å². The number of hydrogen-bond acceptors (Lipinski definition) is 4. The fourth-order valence-corrected chi connectivity index (χ4v) is 3.11. The van der Waals surface area contributed by atoms with Gasteiger partial charge in [-0.3, -0.25) is 9.59 Å². The molecule has 1 saturated carbocycles. The molecular weight excluding hydrogens is 320 g/mol. The van der Waals surface area contributed by atoms with Crippen LogP contribution in [-0.2, 0) is 4.79 Å². The van der Waals surface area contributed by atoms with Gasteiger partial charge in [0.25, 0.3) is 5.91 Å². The predicted molar refractivity (Wildman–Crippen MR) is 94.0 cm³/mol. The number of methoxy groups -OCH3 is 1. The van der Waals surface area contributed by atoms with Gasteiger partial charge < -0.3 is 19.3 Å². The maximum atomic E-state index is 12.4. The van der Waals surface area contributed by atoms with Gasteiger partial charge in [-0.1, -0.05) is 0 Å². The molecule has 1 aromatic rings. The molecule has 1 saturated heterocycles. The Morgan fingerprint density at radius 2 is 1.80 bits per heavy atom. The van der Waals surface area contributed by atoms with Crippen LogP contribution in [0.15, 0.2) is 18.2 Å². The van der Waals surface area contributed by atoms with Crippen LogP contribution in [0.2, 0.25) is 0 Å². The third kappa shape index (κ3) is 4.06. The average Bonchev–Trinajstić information content (AvgIpc) is 3.46. The third-order valence-electron chi connectivity index (χ3n) is 4.80. The summed E-state index contributed by atoms with van der Waals surface area (Å²) >= 11 is 0. The second kappa shape index (κ2) is 7.33. The van der Waals surface area contributed by atoms with Crippen LogP contribution in [0.5, 0.6) is 11.5 Å². The summed E-state index contributed by atoms with van der Waals surface area (Å²) in [6, 6.07) is 5.30. The molecule has 1 aliphatic carbocycles. The van der Waals surface area contributed by atoms with Crippen LogP contribution in [0.25, 0.3) is 0 Å². The van der Waals surface area contributed by atoms with E-state index in [-0.39, 0.29) is 17.9 Å². The number of ether oxygens (including phenoxy) is 2. The Morgan fingerprint density at radius 1 is 1.12 bits per heavy atom. The number of rotatable bonds is 5. The molecule has 1 aliphatic heterocycles. The van der Waals surface area contributed by atoms with Gasteiger partial charge in [0.15, 0.2) is 0 Å². The van der Waals surface area contributed by atoms with E-state index in [1.165, 1.54) is 4.90 Å². The third-order valence-corrected chi connectivity index (χ3v) is 4.80. The van der Waals surface area contributed by atoms with Crippen molar-refractivity contribution in [2.24, 2.45) is 5.92 Å². The minimum absolute atomic E-state index is 0.0189. The lowest BCUT2D eigenvalue weighted by molar-refractivity contribution is -0.134. The van der Waals surface area contributed by atoms with E-state index < -0.39 is 0 Å². The normalized spacial score (nSPS) is 18.0. The SMILES string of the molecule is COc1ccc(OC2CCN(C(=O)C3CC3)CC2)c(C(=O)N(C)C)c1. The van der Waals surface area contributed by atoms with Gasteiger partial charge in [-0.25, -0.2) is 0 Å². The topological polar surface area (TPSA) is 59.1 Å². The molecule has 6 nitrogen and oxygen atoms in total. The van der Waals surface area contributed by atoms with Crippen molar-refractivity contribution >= 4 is 11.8 Å². The molecule has 1 heterocycles.